The van der Waals surface area contributed by atoms with Crippen LogP contribution in [0.2, 0.25) is 0 Å². The van der Waals surface area contributed by atoms with Crippen molar-refractivity contribution in [2.45, 2.75) is 49.2 Å². The van der Waals surface area contributed by atoms with Crippen LogP contribution < -0.4 is 48.4 Å². The molecule has 6 heterocycles. The second kappa shape index (κ2) is 28.1. The van der Waals surface area contributed by atoms with Gasteiger partial charge in [0.05, 0.1) is 53.9 Å². The lowest BCUT2D eigenvalue weighted by molar-refractivity contribution is -0.126. The van der Waals surface area contributed by atoms with Crippen molar-refractivity contribution in [2.75, 3.05) is 57.6 Å². The molecule has 10 rings (SSSR count). The molecule has 30 heteroatoms. The predicted octanol–water partition coefficient (Wildman–Crippen LogP) is 2.41. The minimum atomic E-state index is -3.55. The molecule has 0 unspecified atom stereocenters. The number of aryl methyl sites for hydroxylation is 1. The third-order valence-corrected chi connectivity index (χ3v) is 17.1. The average Bonchev–Trinajstić information content (AvgIpc) is 2.55. The number of amides is 2. The van der Waals surface area contributed by atoms with Crippen LogP contribution in [0, 0.1) is 0 Å². The lowest BCUT2D eigenvalue weighted by Crippen LogP contribution is -2.30. The summed E-state index contributed by atoms with van der Waals surface area (Å²) in [4.78, 5) is 32.3. The van der Waals surface area contributed by atoms with Gasteiger partial charge in [-0.25, -0.2) is 33.7 Å². The fourth-order valence-corrected chi connectivity index (χ4v) is 13.2. The molecule has 4 aliphatic heterocycles. The SMILES string of the molecule is CC(=O)NCCNc1cccc2c1C(N)=NS(=O)(=O)C2.CN(C)C(=O)CNc1cccc2c1C(N)=NS(=O)(=O)C2.NC1=NS(=O)(=O)Cc2cccc(OCCCc3ccccn3)c21.NC1=NS(=O)(=O)Cc2cccc(OCCc3ccccn3)c21. The maximum atomic E-state index is 11.6. The summed E-state index contributed by atoms with van der Waals surface area (Å²) in [5.41, 5.74) is 31.1. The molecule has 0 bridgehead atoms. The van der Waals surface area contributed by atoms with Gasteiger partial charge in [0, 0.05) is 86.8 Å². The highest BCUT2D eigenvalue weighted by molar-refractivity contribution is 7.90. The van der Waals surface area contributed by atoms with Gasteiger partial charge in [-0.15, -0.1) is 17.6 Å². The van der Waals surface area contributed by atoms with Crippen LogP contribution in [0.15, 0.2) is 139 Å². The summed E-state index contributed by atoms with van der Waals surface area (Å²) >= 11 is 0. The van der Waals surface area contributed by atoms with Crippen molar-refractivity contribution >= 4 is 86.6 Å². The number of carbonyl (C=O) groups excluding carboxylic acids is 2. The van der Waals surface area contributed by atoms with Crippen LogP contribution in [0.5, 0.6) is 11.5 Å². The monoisotopic (exact) mass is 1240 g/mol. The Morgan fingerprint density at radius 3 is 1.32 bits per heavy atom. The Morgan fingerprint density at radius 1 is 0.494 bits per heavy atom. The second-order valence-corrected chi connectivity index (χ2v) is 25.9. The average molecular weight is 1240 g/mol. The molecule has 0 aliphatic carbocycles. The number of hydrogen-bond donors (Lipinski definition) is 7. The number of nitrogens with zero attached hydrogens (tertiary/aromatic N) is 7. The molecule has 2 amide bonds. The van der Waals surface area contributed by atoms with Crippen LogP contribution in [0.3, 0.4) is 0 Å². The Balaban J connectivity index is 0.000000163. The number of benzene rings is 4. The number of ether oxygens (including phenoxy) is 2. The molecular formula is C55H64N14O12S4. The van der Waals surface area contributed by atoms with Gasteiger partial charge in [0.15, 0.2) is 0 Å². The number of amidine groups is 4. The Kier molecular flexibility index (Phi) is 21.0. The zero-order valence-corrected chi connectivity index (χ0v) is 49.8. The number of nitrogens with two attached hydrogens (primary N) is 4. The molecule has 4 aliphatic rings. The van der Waals surface area contributed by atoms with Gasteiger partial charge in [0.1, 0.15) is 34.8 Å². The molecule has 2 aromatic heterocycles. The van der Waals surface area contributed by atoms with E-state index in [1.807, 2.05) is 36.4 Å². The van der Waals surface area contributed by atoms with Crippen molar-refractivity contribution in [3.63, 3.8) is 0 Å². The number of pyridine rings is 2. The van der Waals surface area contributed by atoms with E-state index < -0.39 is 40.1 Å². The van der Waals surface area contributed by atoms with E-state index >= 15 is 0 Å². The zero-order chi connectivity index (χ0) is 61.5. The molecule has 450 valence electrons. The summed E-state index contributed by atoms with van der Waals surface area (Å²) in [6, 6.07) is 32.4. The number of nitrogens with one attached hydrogen (secondary N) is 3. The van der Waals surface area contributed by atoms with Crippen LogP contribution in [0.1, 0.15) is 69.2 Å². The molecule has 0 fully saturated rings. The fourth-order valence-electron chi connectivity index (χ4n) is 8.81. The number of anilines is 2. The van der Waals surface area contributed by atoms with Gasteiger partial charge in [0.25, 0.3) is 40.1 Å². The molecule has 26 nitrogen and oxygen atoms in total. The minimum absolute atomic E-state index is 0.00567. The highest BCUT2D eigenvalue weighted by Gasteiger charge is 2.28. The van der Waals surface area contributed by atoms with Gasteiger partial charge in [-0.1, -0.05) is 60.7 Å². The summed E-state index contributed by atoms with van der Waals surface area (Å²) < 4.78 is 118. The molecule has 11 N–H and O–H groups in total. The number of sulfonamides is 4. The lowest BCUT2D eigenvalue weighted by Gasteiger charge is -2.19. The van der Waals surface area contributed by atoms with Crippen molar-refractivity contribution in [1.82, 2.24) is 20.2 Å². The van der Waals surface area contributed by atoms with Crippen molar-refractivity contribution in [3.05, 3.63) is 177 Å². The van der Waals surface area contributed by atoms with Gasteiger partial charge in [-0.3, -0.25) is 19.6 Å². The number of hydrogen-bond acceptors (Lipinski definition) is 20. The van der Waals surface area contributed by atoms with Gasteiger partial charge in [-0.2, -0.15) is 0 Å². The Labute approximate surface area is 493 Å². The highest BCUT2D eigenvalue weighted by atomic mass is 32.2. The molecule has 0 atom stereocenters. The van der Waals surface area contributed by atoms with Gasteiger partial charge >= 0.3 is 0 Å². The summed E-state index contributed by atoms with van der Waals surface area (Å²) in [7, 11) is -10.8. The number of rotatable bonds is 16. The molecule has 4 aromatic carbocycles. The van der Waals surface area contributed by atoms with Crippen LogP contribution in [0.25, 0.3) is 0 Å². The van der Waals surface area contributed by atoms with E-state index in [9.17, 15) is 43.3 Å². The summed E-state index contributed by atoms with van der Waals surface area (Å²) in [5, 5.41) is 8.74. The van der Waals surface area contributed by atoms with Crippen molar-refractivity contribution in [3.8, 4) is 11.5 Å². The largest absolute Gasteiger partial charge is 0.493 e. The fraction of sp³-hybridized carbons (Fsp3) is 0.273. The van der Waals surface area contributed by atoms with Gasteiger partial charge < -0.3 is 53.3 Å². The first-order valence-electron chi connectivity index (χ1n) is 26.1. The standard InChI is InChI=1S/C16H17N3O3S.C15H15N3O3S.2C12H16N4O3S/c17-16-15-12(11-23(20,21)19-16)5-3-8-14(15)22-10-4-7-13-6-1-2-9-18-13;16-15-14-11(10-22(19,20)18-15)4-3-6-13(14)21-9-7-12-5-1-2-8-17-12;1-16(2)10(17)6-14-9-5-3-4-8-7-20(18,19)15-12(13)11(8)9;1-8(17)14-5-6-15-10-4-2-3-9-7-20(18,19)16-12(13)11(9)10/h1-3,5-6,8-9H,4,7,10-11H2,(H2,17,19);1-6,8H,7,9-10H2,(H2,16,18);3-5,14H,6-7H2,1-2H3,(H2,13,15);2-4,15H,5-7H2,1H3,(H2,13,16)(H,14,17). The van der Waals surface area contributed by atoms with Crippen molar-refractivity contribution in [1.29, 1.82) is 0 Å². The Bertz CT molecular complexity index is 4040. The lowest BCUT2D eigenvalue weighted by atomic mass is 10.1. The topological polar surface area (TPSA) is 408 Å². The first kappa shape index (κ1) is 63.6. The molecule has 0 saturated heterocycles. The van der Waals surface area contributed by atoms with Crippen LogP contribution in [0.4, 0.5) is 11.4 Å². The summed E-state index contributed by atoms with van der Waals surface area (Å²) in [6.07, 6.45) is 5.76. The first-order chi connectivity index (χ1) is 40.3. The number of carbonyl (C=O) groups is 2. The van der Waals surface area contributed by atoms with Crippen molar-refractivity contribution in [2.24, 2.45) is 40.5 Å². The van der Waals surface area contributed by atoms with E-state index in [0.29, 0.717) is 100 Å². The summed E-state index contributed by atoms with van der Waals surface area (Å²) in [6.45, 7) is 3.44. The predicted molar refractivity (Wildman–Crippen MR) is 325 cm³/mol. The van der Waals surface area contributed by atoms with Gasteiger partial charge in [-0.05, 0) is 83.6 Å². The minimum Gasteiger partial charge on any atom is -0.493 e. The third-order valence-electron chi connectivity index (χ3n) is 12.5. The first-order valence-corrected chi connectivity index (χ1v) is 32.5. The smallest absolute Gasteiger partial charge is 0.259 e. The Morgan fingerprint density at radius 2 is 0.894 bits per heavy atom. The molecule has 0 spiro atoms. The van der Waals surface area contributed by atoms with E-state index in [1.54, 1.807) is 99.3 Å². The number of fused-ring (bicyclic) bond motifs is 4. The summed E-state index contributed by atoms with van der Waals surface area (Å²) in [5.74, 6) is 0.209. The van der Waals surface area contributed by atoms with E-state index in [4.69, 9.17) is 32.4 Å². The normalized spacial score (nSPS) is 15.8. The van der Waals surface area contributed by atoms with Crippen LogP contribution >= 0.6 is 0 Å². The quantitative estimate of drug-likeness (QED) is 0.0684. The van der Waals surface area contributed by atoms with E-state index in [0.717, 1.165) is 24.2 Å². The number of aromatic nitrogens is 2. The van der Waals surface area contributed by atoms with E-state index in [2.05, 4.69) is 43.5 Å². The van der Waals surface area contributed by atoms with Crippen LogP contribution in [-0.2, 0) is 85.5 Å². The molecule has 85 heavy (non-hydrogen) atoms. The molecule has 6 aromatic rings. The second-order valence-electron chi connectivity index (χ2n) is 19.3. The van der Waals surface area contributed by atoms with E-state index in [-0.39, 0.29) is 64.7 Å². The van der Waals surface area contributed by atoms with E-state index in [1.165, 1.54) is 11.8 Å². The maximum Gasteiger partial charge on any atom is 0.259 e. The Hall–Kier alpha value is -9.00. The zero-order valence-electron chi connectivity index (χ0n) is 46.5. The molecular weight excluding hydrogens is 1180 g/mol. The molecule has 0 radical (unpaired) electrons. The van der Waals surface area contributed by atoms with Crippen molar-refractivity contribution < 1.29 is 52.7 Å². The third kappa shape index (κ3) is 18.2. The highest BCUT2D eigenvalue weighted by Crippen LogP contribution is 2.31. The molecule has 0 saturated carbocycles. The van der Waals surface area contributed by atoms with Gasteiger partial charge in [0.2, 0.25) is 11.8 Å². The number of likely N-dealkylation sites (N-methyl/N-ethyl adjacent to an activating group) is 1. The maximum absolute atomic E-state index is 11.6. The van der Waals surface area contributed by atoms with Crippen LogP contribution in [-0.4, -0.2) is 131 Å².